The van der Waals surface area contributed by atoms with Crippen LogP contribution in [0.5, 0.6) is 0 Å². The summed E-state index contributed by atoms with van der Waals surface area (Å²) in [6, 6.07) is 3.91. The molecule has 1 N–H and O–H groups in total. The summed E-state index contributed by atoms with van der Waals surface area (Å²) in [5.41, 5.74) is 1.46. The summed E-state index contributed by atoms with van der Waals surface area (Å²) in [5.74, 6) is -3.67. The van der Waals surface area contributed by atoms with E-state index < -0.39 is 23.5 Å². The van der Waals surface area contributed by atoms with Crippen molar-refractivity contribution in [2.75, 3.05) is 7.05 Å². The van der Waals surface area contributed by atoms with Gasteiger partial charge in [0, 0.05) is 15.3 Å². The molecule has 1 heterocycles. The number of hydrogen-bond acceptors (Lipinski definition) is 2. The van der Waals surface area contributed by atoms with E-state index in [-0.39, 0.29) is 5.56 Å². The molecule has 1 aliphatic rings. The lowest BCUT2D eigenvalue weighted by atomic mass is 9.97. The van der Waals surface area contributed by atoms with Gasteiger partial charge in [-0.2, -0.15) is 0 Å². The van der Waals surface area contributed by atoms with Gasteiger partial charge < -0.3 is 5.32 Å². The molecule has 3 rings (SSSR count). The highest BCUT2D eigenvalue weighted by Crippen LogP contribution is 2.36. The van der Waals surface area contributed by atoms with Crippen molar-refractivity contribution in [2.24, 2.45) is 0 Å². The Labute approximate surface area is 125 Å². The van der Waals surface area contributed by atoms with Gasteiger partial charge in [0.25, 0.3) is 0 Å². The highest BCUT2D eigenvalue weighted by molar-refractivity contribution is 7.12. The molecule has 1 atom stereocenters. The lowest BCUT2D eigenvalue weighted by Gasteiger charge is -2.16. The zero-order valence-electron chi connectivity index (χ0n) is 11.7. The van der Waals surface area contributed by atoms with Crippen LogP contribution in [0.3, 0.4) is 0 Å². The third-order valence-corrected chi connectivity index (χ3v) is 5.27. The van der Waals surface area contributed by atoms with Crippen LogP contribution in [0, 0.1) is 17.5 Å². The van der Waals surface area contributed by atoms with E-state index in [0.29, 0.717) is 0 Å². The van der Waals surface area contributed by atoms with E-state index in [1.54, 1.807) is 18.4 Å². The predicted octanol–water partition coefficient (Wildman–Crippen LogP) is 4.35. The van der Waals surface area contributed by atoms with E-state index in [1.807, 2.05) is 0 Å². The van der Waals surface area contributed by atoms with Gasteiger partial charge in [-0.05, 0) is 50.4 Å². The minimum Gasteiger partial charge on any atom is -0.309 e. The summed E-state index contributed by atoms with van der Waals surface area (Å²) >= 11 is 1.64. The minimum absolute atomic E-state index is 0.148. The number of fused-ring (bicyclic) bond motifs is 1. The molecule has 0 bridgehead atoms. The Balaban J connectivity index is 2.02. The number of nitrogens with one attached hydrogen (secondary N) is 1. The first kappa shape index (κ1) is 14.6. The summed E-state index contributed by atoms with van der Waals surface area (Å²) in [7, 11) is 1.70. The molecule has 0 saturated carbocycles. The summed E-state index contributed by atoms with van der Waals surface area (Å²) < 4.78 is 40.6. The Kier molecular flexibility index (Phi) is 4.04. The first-order valence-corrected chi connectivity index (χ1v) is 7.85. The zero-order valence-corrected chi connectivity index (χ0v) is 12.5. The largest absolute Gasteiger partial charge is 0.309 e. The lowest BCUT2D eigenvalue weighted by molar-refractivity contribution is 0.435. The molecule has 5 heteroatoms. The van der Waals surface area contributed by atoms with Crippen LogP contribution in [0.25, 0.3) is 0 Å². The number of hydrogen-bond donors (Lipinski definition) is 1. The SMILES string of the molecule is CNC(c1cc2c(s1)CCCC2)c1ccc(F)c(F)c1F. The molecule has 1 unspecified atom stereocenters. The topological polar surface area (TPSA) is 12.0 Å². The second-order valence-corrected chi connectivity index (χ2v) is 6.46. The summed E-state index contributed by atoms with van der Waals surface area (Å²) in [6.07, 6.45) is 4.45. The Morgan fingerprint density at radius 3 is 2.57 bits per heavy atom. The molecule has 0 aliphatic heterocycles. The Hall–Kier alpha value is -1.33. The van der Waals surface area contributed by atoms with Gasteiger partial charge in [-0.3, -0.25) is 0 Å². The van der Waals surface area contributed by atoms with Crippen molar-refractivity contribution in [3.8, 4) is 0 Å². The number of rotatable bonds is 3. The van der Waals surface area contributed by atoms with E-state index >= 15 is 0 Å². The molecule has 0 amide bonds. The van der Waals surface area contributed by atoms with Crippen LogP contribution in [-0.2, 0) is 12.8 Å². The van der Waals surface area contributed by atoms with Crippen LogP contribution in [0.2, 0.25) is 0 Å². The van der Waals surface area contributed by atoms with E-state index in [2.05, 4.69) is 11.4 Å². The maximum atomic E-state index is 14.0. The summed E-state index contributed by atoms with van der Waals surface area (Å²) in [5, 5.41) is 3.01. The fourth-order valence-electron chi connectivity index (χ4n) is 2.87. The molecular formula is C16H16F3NS. The normalized spacial score (nSPS) is 15.8. The van der Waals surface area contributed by atoms with Crippen molar-refractivity contribution in [1.82, 2.24) is 5.32 Å². The third kappa shape index (κ3) is 2.60. The number of aryl methyl sites for hydroxylation is 2. The Morgan fingerprint density at radius 1 is 1.10 bits per heavy atom. The number of halogens is 3. The molecule has 112 valence electrons. The van der Waals surface area contributed by atoms with Crippen LogP contribution >= 0.6 is 11.3 Å². The van der Waals surface area contributed by atoms with Crippen molar-refractivity contribution in [2.45, 2.75) is 31.7 Å². The fraction of sp³-hybridized carbons (Fsp3) is 0.375. The van der Waals surface area contributed by atoms with E-state index in [9.17, 15) is 13.2 Å². The van der Waals surface area contributed by atoms with Crippen LogP contribution < -0.4 is 5.32 Å². The minimum atomic E-state index is -1.41. The van der Waals surface area contributed by atoms with Gasteiger partial charge >= 0.3 is 0 Å². The molecule has 21 heavy (non-hydrogen) atoms. The molecule has 1 aliphatic carbocycles. The van der Waals surface area contributed by atoms with Crippen molar-refractivity contribution in [3.63, 3.8) is 0 Å². The number of thiophene rings is 1. The second kappa shape index (κ2) is 5.81. The maximum absolute atomic E-state index is 14.0. The maximum Gasteiger partial charge on any atom is 0.194 e. The molecule has 0 spiro atoms. The predicted molar refractivity (Wildman–Crippen MR) is 78.2 cm³/mol. The summed E-state index contributed by atoms with van der Waals surface area (Å²) in [4.78, 5) is 2.29. The van der Waals surface area contributed by atoms with Gasteiger partial charge in [0.1, 0.15) is 0 Å². The van der Waals surface area contributed by atoms with Crippen LogP contribution in [0.15, 0.2) is 18.2 Å². The summed E-state index contributed by atoms with van der Waals surface area (Å²) in [6.45, 7) is 0. The first-order chi connectivity index (χ1) is 10.1. The fourth-order valence-corrected chi connectivity index (χ4v) is 4.26. The van der Waals surface area contributed by atoms with E-state index in [1.165, 1.54) is 29.3 Å². The molecule has 0 saturated heterocycles. The van der Waals surface area contributed by atoms with Crippen LogP contribution in [-0.4, -0.2) is 7.05 Å². The smallest absolute Gasteiger partial charge is 0.194 e. The zero-order chi connectivity index (χ0) is 15.0. The van der Waals surface area contributed by atoms with Gasteiger partial charge in [-0.1, -0.05) is 6.07 Å². The Bertz CT molecular complexity index is 642. The molecule has 0 fully saturated rings. The quantitative estimate of drug-likeness (QED) is 0.831. The van der Waals surface area contributed by atoms with Crippen LogP contribution in [0.4, 0.5) is 13.2 Å². The van der Waals surface area contributed by atoms with Crippen molar-refractivity contribution in [1.29, 1.82) is 0 Å². The molecule has 1 nitrogen and oxygen atoms in total. The lowest BCUT2D eigenvalue weighted by Crippen LogP contribution is -2.18. The van der Waals surface area contributed by atoms with Gasteiger partial charge in [0.2, 0.25) is 0 Å². The standard InChI is InChI=1S/C16H16F3NS/c1-20-16(10-6-7-11(17)15(19)14(10)18)13-8-9-4-2-3-5-12(9)21-13/h6-8,16,20H,2-5H2,1H3. The first-order valence-electron chi connectivity index (χ1n) is 7.04. The monoisotopic (exact) mass is 311 g/mol. The second-order valence-electron chi connectivity index (χ2n) is 5.29. The molecule has 1 aromatic heterocycles. The van der Waals surface area contributed by atoms with E-state index in [0.717, 1.165) is 23.8 Å². The van der Waals surface area contributed by atoms with Crippen molar-refractivity contribution >= 4 is 11.3 Å². The number of benzene rings is 1. The average molecular weight is 311 g/mol. The van der Waals surface area contributed by atoms with Crippen molar-refractivity contribution in [3.05, 3.63) is 56.5 Å². The highest BCUT2D eigenvalue weighted by atomic mass is 32.1. The van der Waals surface area contributed by atoms with Crippen LogP contribution in [0.1, 0.15) is 39.8 Å². The molecule has 1 aromatic carbocycles. The van der Waals surface area contributed by atoms with Gasteiger partial charge in [-0.25, -0.2) is 13.2 Å². The van der Waals surface area contributed by atoms with Crippen molar-refractivity contribution < 1.29 is 13.2 Å². The molecule has 0 radical (unpaired) electrons. The third-order valence-electron chi connectivity index (χ3n) is 3.96. The van der Waals surface area contributed by atoms with Gasteiger partial charge in [-0.15, -0.1) is 11.3 Å². The average Bonchev–Trinajstić information content (AvgIpc) is 2.91. The molecular weight excluding hydrogens is 295 g/mol. The van der Waals surface area contributed by atoms with Gasteiger partial charge in [0.05, 0.1) is 6.04 Å². The Morgan fingerprint density at radius 2 is 1.86 bits per heavy atom. The highest BCUT2D eigenvalue weighted by Gasteiger charge is 2.24. The van der Waals surface area contributed by atoms with E-state index in [4.69, 9.17) is 0 Å². The van der Waals surface area contributed by atoms with Gasteiger partial charge in [0.15, 0.2) is 17.5 Å². The molecule has 2 aromatic rings.